The average molecular weight is 365 g/mol. The molecule has 0 aliphatic carbocycles. The van der Waals surface area contributed by atoms with Crippen molar-refractivity contribution in [3.63, 3.8) is 0 Å². The van der Waals surface area contributed by atoms with Crippen molar-refractivity contribution in [3.8, 4) is 11.3 Å². The Bertz CT molecular complexity index is 1070. The number of rotatable bonds is 3. The SMILES string of the molecule is Clc1ccc(-c2n[nH]c3c2CN(Cc2cnn4cccnc24)CC3)cc1. The lowest BCUT2D eigenvalue weighted by atomic mass is 10.0. The lowest BCUT2D eigenvalue weighted by Crippen LogP contribution is -2.30. The van der Waals surface area contributed by atoms with Crippen molar-refractivity contribution < 1.29 is 0 Å². The lowest BCUT2D eigenvalue weighted by molar-refractivity contribution is 0.246. The molecule has 0 radical (unpaired) electrons. The Labute approximate surface area is 155 Å². The van der Waals surface area contributed by atoms with Gasteiger partial charge >= 0.3 is 0 Å². The first-order valence-corrected chi connectivity index (χ1v) is 8.97. The van der Waals surface area contributed by atoms with E-state index in [-0.39, 0.29) is 0 Å². The highest BCUT2D eigenvalue weighted by Crippen LogP contribution is 2.29. The van der Waals surface area contributed by atoms with Crippen molar-refractivity contribution in [2.75, 3.05) is 6.54 Å². The summed E-state index contributed by atoms with van der Waals surface area (Å²) in [5.74, 6) is 0. The van der Waals surface area contributed by atoms with Crippen LogP contribution in [0.3, 0.4) is 0 Å². The first-order chi connectivity index (χ1) is 12.8. The second kappa shape index (κ2) is 6.23. The molecule has 130 valence electrons. The van der Waals surface area contributed by atoms with E-state index < -0.39 is 0 Å². The molecule has 4 heterocycles. The standard InChI is InChI=1S/C19H17ClN6/c20-15-4-2-13(3-5-15)18-16-12-25(9-6-17(16)23-24-18)11-14-10-22-26-8-1-7-21-19(14)26/h1-5,7-8,10H,6,9,11-12H2,(H,23,24). The molecular weight excluding hydrogens is 348 g/mol. The van der Waals surface area contributed by atoms with E-state index in [0.29, 0.717) is 0 Å². The van der Waals surface area contributed by atoms with Crippen LogP contribution in [0.5, 0.6) is 0 Å². The highest BCUT2D eigenvalue weighted by atomic mass is 35.5. The van der Waals surface area contributed by atoms with Crippen LogP contribution in [0.1, 0.15) is 16.8 Å². The lowest BCUT2D eigenvalue weighted by Gasteiger charge is -2.26. The summed E-state index contributed by atoms with van der Waals surface area (Å²) >= 11 is 6.02. The number of H-pyrrole nitrogens is 1. The molecule has 0 atom stereocenters. The Morgan fingerprint density at radius 2 is 2.08 bits per heavy atom. The van der Waals surface area contributed by atoms with Crippen molar-refractivity contribution in [1.82, 2.24) is 29.7 Å². The molecule has 6 nitrogen and oxygen atoms in total. The van der Waals surface area contributed by atoms with E-state index in [2.05, 4.69) is 25.2 Å². The molecule has 0 amide bonds. The van der Waals surface area contributed by atoms with Crippen LogP contribution in [0.4, 0.5) is 0 Å². The summed E-state index contributed by atoms with van der Waals surface area (Å²) in [5.41, 5.74) is 6.66. The highest BCUT2D eigenvalue weighted by molar-refractivity contribution is 6.30. The fourth-order valence-electron chi connectivity index (χ4n) is 3.56. The molecule has 1 N–H and O–H groups in total. The van der Waals surface area contributed by atoms with Gasteiger partial charge < -0.3 is 0 Å². The van der Waals surface area contributed by atoms with Crippen LogP contribution < -0.4 is 0 Å². The van der Waals surface area contributed by atoms with Crippen molar-refractivity contribution in [1.29, 1.82) is 0 Å². The smallest absolute Gasteiger partial charge is 0.159 e. The molecule has 0 unspecified atom stereocenters. The van der Waals surface area contributed by atoms with Gasteiger partial charge in [0, 0.05) is 65.9 Å². The molecule has 0 saturated heterocycles. The van der Waals surface area contributed by atoms with Crippen LogP contribution in [-0.4, -0.2) is 36.2 Å². The molecule has 26 heavy (non-hydrogen) atoms. The van der Waals surface area contributed by atoms with Gasteiger partial charge in [0.2, 0.25) is 0 Å². The van der Waals surface area contributed by atoms with Gasteiger partial charge in [0.05, 0.1) is 11.9 Å². The van der Waals surface area contributed by atoms with E-state index in [1.54, 1.807) is 0 Å². The van der Waals surface area contributed by atoms with Crippen LogP contribution >= 0.6 is 11.6 Å². The van der Waals surface area contributed by atoms with Crippen molar-refractivity contribution >= 4 is 17.2 Å². The Morgan fingerprint density at radius 1 is 1.19 bits per heavy atom. The number of fused-ring (bicyclic) bond motifs is 2. The van der Waals surface area contributed by atoms with Gasteiger partial charge in [-0.25, -0.2) is 9.50 Å². The molecule has 1 aliphatic rings. The average Bonchev–Trinajstić information content (AvgIpc) is 3.27. The topological polar surface area (TPSA) is 62.1 Å². The molecule has 3 aromatic heterocycles. The zero-order valence-electron chi connectivity index (χ0n) is 14.1. The minimum atomic E-state index is 0.736. The summed E-state index contributed by atoms with van der Waals surface area (Å²) in [6.07, 6.45) is 6.61. The summed E-state index contributed by atoms with van der Waals surface area (Å²) in [5, 5.41) is 12.9. The fraction of sp³-hybridized carbons (Fsp3) is 0.211. The summed E-state index contributed by atoms with van der Waals surface area (Å²) in [7, 11) is 0. The summed E-state index contributed by atoms with van der Waals surface area (Å²) in [4.78, 5) is 6.88. The number of aromatic amines is 1. The number of halogens is 1. The number of hydrogen-bond acceptors (Lipinski definition) is 4. The van der Waals surface area contributed by atoms with Crippen LogP contribution in [0.15, 0.2) is 48.9 Å². The van der Waals surface area contributed by atoms with Crippen LogP contribution in [0, 0.1) is 0 Å². The van der Waals surface area contributed by atoms with Gasteiger partial charge in [0.25, 0.3) is 0 Å². The Hall–Kier alpha value is -2.70. The van der Waals surface area contributed by atoms with Gasteiger partial charge in [-0.3, -0.25) is 10.00 Å². The van der Waals surface area contributed by atoms with E-state index in [1.165, 1.54) is 11.3 Å². The van der Waals surface area contributed by atoms with E-state index >= 15 is 0 Å². The maximum atomic E-state index is 6.02. The molecule has 4 aromatic rings. The van der Waals surface area contributed by atoms with Crippen molar-refractivity contribution in [2.24, 2.45) is 0 Å². The monoisotopic (exact) mass is 364 g/mol. The molecule has 0 bridgehead atoms. The molecule has 0 spiro atoms. The Kier molecular flexibility index (Phi) is 3.72. The first kappa shape index (κ1) is 15.5. The first-order valence-electron chi connectivity index (χ1n) is 8.59. The summed E-state index contributed by atoms with van der Waals surface area (Å²) < 4.78 is 1.82. The Morgan fingerprint density at radius 3 is 2.96 bits per heavy atom. The molecule has 7 heteroatoms. The largest absolute Gasteiger partial charge is 0.294 e. The van der Waals surface area contributed by atoms with Crippen molar-refractivity contribution in [2.45, 2.75) is 19.5 Å². The molecule has 0 fully saturated rings. The van der Waals surface area contributed by atoms with E-state index in [0.717, 1.165) is 53.5 Å². The third kappa shape index (κ3) is 2.67. The van der Waals surface area contributed by atoms with Crippen LogP contribution in [0.2, 0.25) is 5.02 Å². The minimum Gasteiger partial charge on any atom is -0.294 e. The van der Waals surface area contributed by atoms with Gasteiger partial charge in [0.15, 0.2) is 5.65 Å². The maximum absolute atomic E-state index is 6.02. The molecular formula is C19H17ClN6. The predicted octanol–water partition coefficient (Wildman–Crippen LogP) is 3.33. The number of aromatic nitrogens is 5. The zero-order chi connectivity index (χ0) is 17.5. The second-order valence-electron chi connectivity index (χ2n) is 6.55. The summed E-state index contributed by atoms with van der Waals surface area (Å²) in [6.45, 7) is 2.67. The number of hydrogen-bond donors (Lipinski definition) is 1. The third-order valence-corrected chi connectivity index (χ3v) is 5.13. The third-order valence-electron chi connectivity index (χ3n) is 4.88. The van der Waals surface area contributed by atoms with E-state index in [9.17, 15) is 0 Å². The molecule has 1 aromatic carbocycles. The number of nitrogens with one attached hydrogen (secondary N) is 1. The Balaban J connectivity index is 1.43. The number of nitrogens with zero attached hydrogens (tertiary/aromatic N) is 5. The minimum absolute atomic E-state index is 0.736. The van der Waals surface area contributed by atoms with Crippen LogP contribution in [-0.2, 0) is 19.5 Å². The fourth-order valence-corrected chi connectivity index (χ4v) is 3.69. The zero-order valence-corrected chi connectivity index (χ0v) is 14.8. The number of benzene rings is 1. The maximum Gasteiger partial charge on any atom is 0.159 e. The molecule has 0 saturated carbocycles. The summed E-state index contributed by atoms with van der Waals surface area (Å²) in [6, 6.07) is 9.74. The van der Waals surface area contributed by atoms with Crippen molar-refractivity contribution in [3.05, 3.63) is 70.8 Å². The molecule has 1 aliphatic heterocycles. The van der Waals surface area contributed by atoms with Gasteiger partial charge in [0.1, 0.15) is 0 Å². The normalized spacial score (nSPS) is 14.7. The van der Waals surface area contributed by atoms with Crippen LogP contribution in [0.25, 0.3) is 16.9 Å². The second-order valence-corrected chi connectivity index (χ2v) is 6.99. The quantitative estimate of drug-likeness (QED) is 0.605. The molecule has 5 rings (SSSR count). The van der Waals surface area contributed by atoms with Gasteiger partial charge in [-0.1, -0.05) is 23.7 Å². The van der Waals surface area contributed by atoms with E-state index in [1.807, 2.05) is 53.4 Å². The van der Waals surface area contributed by atoms with Gasteiger partial charge in [-0.2, -0.15) is 10.2 Å². The van der Waals surface area contributed by atoms with Gasteiger partial charge in [-0.05, 0) is 18.2 Å². The van der Waals surface area contributed by atoms with Gasteiger partial charge in [-0.15, -0.1) is 0 Å². The highest BCUT2D eigenvalue weighted by Gasteiger charge is 2.23. The predicted molar refractivity (Wildman–Crippen MR) is 99.8 cm³/mol. The van der Waals surface area contributed by atoms with E-state index in [4.69, 9.17) is 11.6 Å².